The van der Waals surface area contributed by atoms with Gasteiger partial charge in [-0.1, -0.05) is 26.2 Å². The standard InChI is InChI=1S/C11H19NO3/c1-4-5-6-7-8-14-10-12-11(2,3)9(13)15-10/h4-8H2,1-3H3. The molecule has 1 aliphatic heterocycles. The number of carbonyl (C=O) groups is 1. The number of hydrogen-bond donors (Lipinski definition) is 0. The predicted molar refractivity (Wildman–Crippen MR) is 57.7 cm³/mol. The Balaban J connectivity index is 2.21. The molecule has 0 aromatic heterocycles. The van der Waals surface area contributed by atoms with Crippen molar-refractivity contribution in [3.63, 3.8) is 0 Å². The van der Waals surface area contributed by atoms with Gasteiger partial charge in [-0.3, -0.25) is 0 Å². The van der Waals surface area contributed by atoms with Gasteiger partial charge in [0.2, 0.25) is 0 Å². The first-order chi connectivity index (χ1) is 7.06. The molecule has 0 fully saturated rings. The van der Waals surface area contributed by atoms with E-state index < -0.39 is 5.54 Å². The molecule has 0 saturated heterocycles. The molecule has 0 saturated carbocycles. The number of rotatable bonds is 5. The highest BCUT2D eigenvalue weighted by Gasteiger charge is 2.38. The average Bonchev–Trinajstić information content (AvgIpc) is 2.40. The van der Waals surface area contributed by atoms with Crippen LogP contribution in [-0.2, 0) is 14.3 Å². The summed E-state index contributed by atoms with van der Waals surface area (Å²) in [6.45, 7) is 6.15. The molecule has 1 heterocycles. The Hall–Kier alpha value is -1.06. The van der Waals surface area contributed by atoms with Crippen molar-refractivity contribution >= 4 is 12.1 Å². The van der Waals surface area contributed by atoms with Crippen molar-refractivity contribution in [2.45, 2.75) is 52.0 Å². The number of esters is 1. The molecule has 0 unspecified atom stereocenters. The summed E-state index contributed by atoms with van der Waals surface area (Å²) in [6, 6.07) is 0. The van der Waals surface area contributed by atoms with Crippen LogP contribution in [0.3, 0.4) is 0 Å². The molecular weight excluding hydrogens is 194 g/mol. The van der Waals surface area contributed by atoms with E-state index in [0.717, 1.165) is 12.8 Å². The molecule has 1 rings (SSSR count). The van der Waals surface area contributed by atoms with Crippen LogP contribution in [0.2, 0.25) is 0 Å². The molecule has 15 heavy (non-hydrogen) atoms. The van der Waals surface area contributed by atoms with Crippen molar-refractivity contribution in [2.24, 2.45) is 4.99 Å². The maximum atomic E-state index is 11.2. The number of hydrogen-bond acceptors (Lipinski definition) is 4. The van der Waals surface area contributed by atoms with E-state index in [0.29, 0.717) is 6.61 Å². The van der Waals surface area contributed by atoms with E-state index >= 15 is 0 Å². The Kier molecular flexibility index (Phi) is 4.12. The van der Waals surface area contributed by atoms with Crippen molar-refractivity contribution < 1.29 is 14.3 Å². The van der Waals surface area contributed by atoms with E-state index in [-0.39, 0.29) is 12.1 Å². The van der Waals surface area contributed by atoms with E-state index in [1.54, 1.807) is 13.8 Å². The molecule has 0 amide bonds. The third-order valence-electron chi connectivity index (χ3n) is 2.27. The fourth-order valence-corrected chi connectivity index (χ4v) is 1.25. The molecule has 0 aromatic rings. The first kappa shape index (κ1) is 12.0. The number of aliphatic imine (C=N–C) groups is 1. The second-order valence-corrected chi connectivity index (χ2v) is 4.24. The second-order valence-electron chi connectivity index (χ2n) is 4.24. The molecule has 86 valence electrons. The maximum absolute atomic E-state index is 11.2. The van der Waals surface area contributed by atoms with Crippen LogP contribution in [0.5, 0.6) is 0 Å². The van der Waals surface area contributed by atoms with Gasteiger partial charge in [0.25, 0.3) is 0 Å². The molecule has 4 nitrogen and oxygen atoms in total. The summed E-state index contributed by atoms with van der Waals surface area (Å²) in [5, 5.41) is 0. The van der Waals surface area contributed by atoms with Crippen molar-refractivity contribution in [2.75, 3.05) is 6.61 Å². The summed E-state index contributed by atoms with van der Waals surface area (Å²) < 4.78 is 10.1. The minimum atomic E-state index is -0.779. The van der Waals surface area contributed by atoms with Crippen LogP contribution >= 0.6 is 0 Å². The van der Waals surface area contributed by atoms with Crippen molar-refractivity contribution in [3.05, 3.63) is 0 Å². The van der Waals surface area contributed by atoms with E-state index in [1.807, 2.05) is 0 Å². The summed E-state index contributed by atoms with van der Waals surface area (Å²) in [4.78, 5) is 15.3. The van der Waals surface area contributed by atoms with Crippen LogP contribution in [-0.4, -0.2) is 24.2 Å². The molecule has 0 spiro atoms. The SMILES string of the molecule is CCCCCCOC1=NC(C)(C)C(=O)O1. The van der Waals surface area contributed by atoms with Gasteiger partial charge in [-0.2, -0.15) is 4.99 Å². The molecule has 0 N–H and O–H groups in total. The van der Waals surface area contributed by atoms with Gasteiger partial charge in [0.15, 0.2) is 5.54 Å². The van der Waals surface area contributed by atoms with E-state index in [4.69, 9.17) is 9.47 Å². The van der Waals surface area contributed by atoms with Gasteiger partial charge in [-0.05, 0) is 20.3 Å². The van der Waals surface area contributed by atoms with E-state index in [2.05, 4.69) is 11.9 Å². The molecule has 1 aliphatic rings. The van der Waals surface area contributed by atoms with Gasteiger partial charge in [0, 0.05) is 0 Å². The number of unbranched alkanes of at least 4 members (excludes halogenated alkanes) is 3. The van der Waals surface area contributed by atoms with Gasteiger partial charge < -0.3 is 9.47 Å². The van der Waals surface area contributed by atoms with Crippen molar-refractivity contribution in [1.82, 2.24) is 0 Å². The van der Waals surface area contributed by atoms with Crippen LogP contribution < -0.4 is 0 Å². The fraction of sp³-hybridized carbons (Fsp3) is 0.818. The smallest absolute Gasteiger partial charge is 0.392 e. The first-order valence-electron chi connectivity index (χ1n) is 5.51. The number of nitrogens with zero attached hydrogens (tertiary/aromatic N) is 1. The highest BCUT2D eigenvalue weighted by atomic mass is 16.7. The Morgan fingerprint density at radius 2 is 2.07 bits per heavy atom. The lowest BCUT2D eigenvalue weighted by molar-refractivity contribution is -0.139. The highest BCUT2D eigenvalue weighted by Crippen LogP contribution is 2.19. The highest BCUT2D eigenvalue weighted by molar-refractivity contribution is 5.96. The fourth-order valence-electron chi connectivity index (χ4n) is 1.25. The first-order valence-corrected chi connectivity index (χ1v) is 5.51. The zero-order chi connectivity index (χ0) is 11.3. The normalized spacial score (nSPS) is 18.6. The van der Waals surface area contributed by atoms with E-state index in [1.165, 1.54) is 12.8 Å². The Labute approximate surface area is 90.7 Å². The summed E-state index contributed by atoms with van der Waals surface area (Å²) in [5.74, 6) is -0.342. The maximum Gasteiger partial charge on any atom is 0.392 e. The lowest BCUT2D eigenvalue weighted by Gasteiger charge is -2.04. The third kappa shape index (κ3) is 3.53. The number of cyclic esters (lactones) is 1. The third-order valence-corrected chi connectivity index (χ3v) is 2.27. The minimum Gasteiger partial charge on any atom is -0.450 e. The van der Waals surface area contributed by atoms with Crippen LogP contribution in [0, 0.1) is 0 Å². The van der Waals surface area contributed by atoms with Gasteiger partial charge in [0.05, 0.1) is 6.61 Å². The van der Waals surface area contributed by atoms with E-state index in [9.17, 15) is 4.79 Å². The number of carbonyl (C=O) groups excluding carboxylic acids is 1. The molecular formula is C11H19NO3. The summed E-state index contributed by atoms with van der Waals surface area (Å²) in [5.41, 5.74) is -0.779. The minimum absolute atomic E-state index is 0.126. The predicted octanol–water partition coefficient (Wildman–Crippen LogP) is 2.27. The van der Waals surface area contributed by atoms with Gasteiger partial charge >= 0.3 is 12.1 Å². The Bertz CT molecular complexity index is 259. The lowest BCUT2D eigenvalue weighted by atomic mass is 10.1. The monoisotopic (exact) mass is 213 g/mol. The van der Waals surface area contributed by atoms with Crippen LogP contribution in [0.4, 0.5) is 0 Å². The Morgan fingerprint density at radius 3 is 2.60 bits per heavy atom. The molecule has 0 aliphatic carbocycles. The summed E-state index contributed by atoms with van der Waals surface area (Å²) >= 11 is 0. The molecule has 0 aromatic carbocycles. The van der Waals surface area contributed by atoms with Crippen molar-refractivity contribution in [1.29, 1.82) is 0 Å². The topological polar surface area (TPSA) is 47.9 Å². The molecule has 0 radical (unpaired) electrons. The average molecular weight is 213 g/mol. The Morgan fingerprint density at radius 1 is 1.33 bits per heavy atom. The van der Waals surface area contributed by atoms with Crippen LogP contribution in [0.15, 0.2) is 4.99 Å². The molecule has 0 atom stereocenters. The molecule has 0 bridgehead atoms. The second kappa shape index (κ2) is 5.14. The van der Waals surface area contributed by atoms with Crippen LogP contribution in [0.1, 0.15) is 46.5 Å². The van der Waals surface area contributed by atoms with Crippen LogP contribution in [0.25, 0.3) is 0 Å². The quantitative estimate of drug-likeness (QED) is 0.520. The largest absolute Gasteiger partial charge is 0.450 e. The summed E-state index contributed by atoms with van der Waals surface area (Å²) in [7, 11) is 0. The number of ether oxygens (including phenoxy) is 2. The zero-order valence-electron chi connectivity index (χ0n) is 9.71. The molecule has 4 heteroatoms. The lowest BCUT2D eigenvalue weighted by Crippen LogP contribution is -2.25. The zero-order valence-corrected chi connectivity index (χ0v) is 9.71. The van der Waals surface area contributed by atoms with Gasteiger partial charge in [0.1, 0.15) is 0 Å². The summed E-state index contributed by atoms with van der Waals surface area (Å²) in [6.07, 6.45) is 4.65. The van der Waals surface area contributed by atoms with Gasteiger partial charge in [-0.25, -0.2) is 4.79 Å². The van der Waals surface area contributed by atoms with Crippen molar-refractivity contribution in [3.8, 4) is 0 Å². The van der Waals surface area contributed by atoms with Gasteiger partial charge in [-0.15, -0.1) is 0 Å².